The third kappa shape index (κ3) is 3.20. The summed E-state index contributed by atoms with van der Waals surface area (Å²) >= 11 is 3.23. The fraction of sp³-hybridized carbons (Fsp3) is 0.0769. The number of phenols is 1. The number of aromatic hydroxyl groups is 1. The summed E-state index contributed by atoms with van der Waals surface area (Å²) in [6.45, 7) is 0.0934. The molecule has 0 saturated carbocycles. The van der Waals surface area contributed by atoms with Crippen LogP contribution in [0.1, 0.15) is 5.56 Å². The second-order valence-corrected chi connectivity index (χ2v) is 4.74. The Balaban J connectivity index is 2.17. The van der Waals surface area contributed by atoms with Crippen LogP contribution >= 0.6 is 15.9 Å². The molecule has 2 nitrogen and oxygen atoms in total. The number of anilines is 1. The first-order chi connectivity index (χ1) is 8.97. The Kier molecular flexibility index (Phi) is 3.99. The minimum Gasteiger partial charge on any atom is -0.503 e. The molecule has 19 heavy (non-hydrogen) atoms. The molecule has 2 N–H and O–H groups in total. The standard InChI is InChI=1S/C13H9BrF3NO/c14-9-2-1-8(15)5-12(9)18-6-7-3-10(16)13(19)11(17)4-7/h1-5,18-19H,6H2. The van der Waals surface area contributed by atoms with Crippen LogP contribution in [-0.4, -0.2) is 5.11 Å². The maximum Gasteiger partial charge on any atom is 0.187 e. The van der Waals surface area contributed by atoms with E-state index < -0.39 is 23.2 Å². The van der Waals surface area contributed by atoms with Gasteiger partial charge in [0.2, 0.25) is 0 Å². The van der Waals surface area contributed by atoms with E-state index in [1.165, 1.54) is 18.2 Å². The van der Waals surface area contributed by atoms with Crippen LogP contribution in [0.2, 0.25) is 0 Å². The Bertz CT molecular complexity index is 596. The van der Waals surface area contributed by atoms with Crippen LogP contribution in [0.25, 0.3) is 0 Å². The van der Waals surface area contributed by atoms with Gasteiger partial charge in [0.1, 0.15) is 5.82 Å². The topological polar surface area (TPSA) is 32.3 Å². The first-order valence-corrected chi connectivity index (χ1v) is 6.12. The number of hydrogen-bond acceptors (Lipinski definition) is 2. The zero-order chi connectivity index (χ0) is 14.0. The lowest BCUT2D eigenvalue weighted by Crippen LogP contribution is -2.02. The van der Waals surface area contributed by atoms with Gasteiger partial charge >= 0.3 is 0 Å². The van der Waals surface area contributed by atoms with Gasteiger partial charge in [0, 0.05) is 11.0 Å². The van der Waals surface area contributed by atoms with E-state index in [0.717, 1.165) is 12.1 Å². The Morgan fingerprint density at radius 1 is 1.05 bits per heavy atom. The summed E-state index contributed by atoms with van der Waals surface area (Å²) in [6.07, 6.45) is 0. The summed E-state index contributed by atoms with van der Waals surface area (Å²) in [6, 6.07) is 6.10. The number of halogens is 4. The molecule has 0 unspecified atom stereocenters. The maximum atomic E-state index is 13.1. The lowest BCUT2D eigenvalue weighted by atomic mass is 10.2. The zero-order valence-corrected chi connectivity index (χ0v) is 11.1. The summed E-state index contributed by atoms with van der Waals surface area (Å²) in [5.41, 5.74) is 0.762. The minimum absolute atomic E-state index is 0.0934. The molecule has 2 aromatic rings. The molecule has 0 bridgehead atoms. The highest BCUT2D eigenvalue weighted by atomic mass is 79.9. The normalized spacial score (nSPS) is 10.5. The quantitative estimate of drug-likeness (QED) is 0.884. The van der Waals surface area contributed by atoms with Crippen molar-refractivity contribution in [1.29, 1.82) is 0 Å². The van der Waals surface area contributed by atoms with Crippen molar-refractivity contribution in [2.75, 3.05) is 5.32 Å². The highest BCUT2D eigenvalue weighted by molar-refractivity contribution is 9.10. The second-order valence-electron chi connectivity index (χ2n) is 3.89. The van der Waals surface area contributed by atoms with Gasteiger partial charge in [0.25, 0.3) is 0 Å². The van der Waals surface area contributed by atoms with Crippen LogP contribution in [-0.2, 0) is 6.54 Å². The average molecular weight is 332 g/mol. The van der Waals surface area contributed by atoms with Crippen molar-refractivity contribution in [3.63, 3.8) is 0 Å². The predicted molar refractivity (Wildman–Crippen MR) is 69.4 cm³/mol. The fourth-order valence-corrected chi connectivity index (χ4v) is 1.94. The highest BCUT2D eigenvalue weighted by Gasteiger charge is 2.10. The second kappa shape index (κ2) is 5.52. The Labute approximate surface area is 116 Å². The third-order valence-corrected chi connectivity index (χ3v) is 3.18. The van der Waals surface area contributed by atoms with Crippen molar-refractivity contribution in [1.82, 2.24) is 0 Å². The number of benzene rings is 2. The summed E-state index contributed by atoms with van der Waals surface area (Å²) in [7, 11) is 0. The van der Waals surface area contributed by atoms with E-state index in [-0.39, 0.29) is 6.54 Å². The molecular formula is C13H9BrF3NO. The molecule has 0 saturated heterocycles. The highest BCUT2D eigenvalue weighted by Crippen LogP contribution is 2.25. The molecule has 0 atom stereocenters. The van der Waals surface area contributed by atoms with Crippen molar-refractivity contribution in [3.05, 3.63) is 57.8 Å². The van der Waals surface area contributed by atoms with E-state index in [2.05, 4.69) is 21.2 Å². The molecule has 0 heterocycles. The van der Waals surface area contributed by atoms with E-state index in [1.807, 2.05) is 0 Å². The van der Waals surface area contributed by atoms with Crippen LogP contribution in [0.15, 0.2) is 34.8 Å². The van der Waals surface area contributed by atoms with E-state index in [0.29, 0.717) is 15.7 Å². The molecule has 100 valence electrons. The molecule has 0 amide bonds. The van der Waals surface area contributed by atoms with Crippen molar-refractivity contribution < 1.29 is 18.3 Å². The SMILES string of the molecule is Oc1c(F)cc(CNc2cc(F)ccc2Br)cc1F. The number of hydrogen-bond donors (Lipinski definition) is 2. The minimum atomic E-state index is -1.03. The summed E-state index contributed by atoms with van der Waals surface area (Å²) in [4.78, 5) is 0. The number of rotatable bonds is 3. The van der Waals surface area contributed by atoms with Crippen molar-refractivity contribution in [2.45, 2.75) is 6.54 Å². The Morgan fingerprint density at radius 2 is 1.68 bits per heavy atom. The van der Waals surface area contributed by atoms with E-state index >= 15 is 0 Å². The van der Waals surface area contributed by atoms with Crippen LogP contribution in [0.4, 0.5) is 18.9 Å². The van der Waals surface area contributed by atoms with Crippen LogP contribution < -0.4 is 5.32 Å². The first-order valence-electron chi connectivity index (χ1n) is 5.33. The Hall–Kier alpha value is -1.69. The van der Waals surface area contributed by atoms with Crippen LogP contribution in [0.5, 0.6) is 5.75 Å². The molecular weight excluding hydrogens is 323 g/mol. The van der Waals surface area contributed by atoms with E-state index in [4.69, 9.17) is 5.11 Å². The third-order valence-electron chi connectivity index (χ3n) is 2.49. The van der Waals surface area contributed by atoms with Gasteiger partial charge in [-0.2, -0.15) is 0 Å². The predicted octanol–water partition coefficient (Wildman–Crippen LogP) is 4.18. The number of nitrogens with one attached hydrogen (secondary N) is 1. The van der Waals surface area contributed by atoms with Crippen LogP contribution in [0.3, 0.4) is 0 Å². The molecule has 2 rings (SSSR count). The lowest BCUT2D eigenvalue weighted by molar-refractivity contribution is 0.395. The zero-order valence-electron chi connectivity index (χ0n) is 9.55. The molecule has 0 aromatic heterocycles. The summed E-state index contributed by atoms with van der Waals surface area (Å²) < 4.78 is 39.9. The largest absolute Gasteiger partial charge is 0.503 e. The van der Waals surface area contributed by atoms with Crippen LogP contribution in [0, 0.1) is 17.5 Å². The van der Waals surface area contributed by atoms with Gasteiger partial charge in [-0.05, 0) is 51.8 Å². The average Bonchev–Trinajstić information content (AvgIpc) is 2.37. The van der Waals surface area contributed by atoms with Gasteiger partial charge in [-0.25, -0.2) is 13.2 Å². The maximum absolute atomic E-state index is 13.1. The van der Waals surface area contributed by atoms with E-state index in [1.54, 1.807) is 0 Å². The molecule has 0 fully saturated rings. The smallest absolute Gasteiger partial charge is 0.187 e. The fourth-order valence-electron chi connectivity index (χ4n) is 1.55. The molecule has 0 spiro atoms. The molecule has 0 radical (unpaired) electrons. The molecule has 0 aliphatic rings. The lowest BCUT2D eigenvalue weighted by Gasteiger charge is -2.09. The molecule has 0 aliphatic carbocycles. The van der Waals surface area contributed by atoms with Gasteiger partial charge in [-0.1, -0.05) is 0 Å². The summed E-state index contributed by atoms with van der Waals surface area (Å²) in [5, 5.41) is 11.8. The van der Waals surface area contributed by atoms with Crippen molar-refractivity contribution in [2.24, 2.45) is 0 Å². The number of phenolic OH excluding ortho intramolecular Hbond substituents is 1. The van der Waals surface area contributed by atoms with Gasteiger partial charge in [0.15, 0.2) is 17.4 Å². The molecule has 2 aromatic carbocycles. The molecule has 0 aliphatic heterocycles. The first kappa shape index (κ1) is 13.7. The van der Waals surface area contributed by atoms with E-state index in [9.17, 15) is 13.2 Å². The van der Waals surface area contributed by atoms with Crippen molar-refractivity contribution in [3.8, 4) is 5.75 Å². The molecule has 6 heteroatoms. The van der Waals surface area contributed by atoms with Gasteiger partial charge in [-0.15, -0.1) is 0 Å². The van der Waals surface area contributed by atoms with Gasteiger partial charge in [-0.3, -0.25) is 0 Å². The Morgan fingerprint density at radius 3 is 2.32 bits per heavy atom. The summed E-state index contributed by atoms with van der Waals surface area (Å²) in [5.74, 6) is -3.49. The van der Waals surface area contributed by atoms with Gasteiger partial charge < -0.3 is 10.4 Å². The van der Waals surface area contributed by atoms with Gasteiger partial charge in [0.05, 0.1) is 5.69 Å². The van der Waals surface area contributed by atoms with Crippen molar-refractivity contribution >= 4 is 21.6 Å². The monoisotopic (exact) mass is 331 g/mol.